The van der Waals surface area contributed by atoms with Gasteiger partial charge < -0.3 is 14.2 Å². The maximum absolute atomic E-state index is 10.1. The highest BCUT2D eigenvalue weighted by Crippen LogP contribution is 2.40. The number of rotatable bonds is 6. The maximum atomic E-state index is 10.1. The van der Waals surface area contributed by atoms with Crippen molar-refractivity contribution in [2.45, 2.75) is 38.3 Å². The van der Waals surface area contributed by atoms with Gasteiger partial charge in [-0.15, -0.1) is 0 Å². The fourth-order valence-corrected chi connectivity index (χ4v) is 5.99. The minimum Gasteiger partial charge on any atom is -0.396 e. The standard InChI is InChI=1S/C32H32N4O/c33-31-29-28(24-14-6-2-7-15-24)30(25-16-8-3-9-17-25)35(20-23-12-4-1-5-13-23)32(29)34-22-36(31)27-19-11-10-18-26(27)21-37/h1-9,12-17,22,26-27,33,37H,10-11,18-21H2. The smallest absolute Gasteiger partial charge is 0.146 e. The first kappa shape index (κ1) is 23.4. The Morgan fingerprint density at radius 2 is 1.43 bits per heavy atom. The lowest BCUT2D eigenvalue weighted by Crippen LogP contribution is -2.33. The van der Waals surface area contributed by atoms with Crippen molar-refractivity contribution in [1.29, 1.82) is 5.41 Å². The quantitative estimate of drug-likeness (QED) is 0.289. The zero-order valence-corrected chi connectivity index (χ0v) is 20.9. The minimum absolute atomic E-state index is 0.0874. The van der Waals surface area contributed by atoms with Crippen molar-refractivity contribution in [3.63, 3.8) is 0 Å². The first-order valence-electron chi connectivity index (χ1n) is 13.2. The highest BCUT2D eigenvalue weighted by Gasteiger charge is 2.29. The van der Waals surface area contributed by atoms with Crippen LogP contribution in [0.25, 0.3) is 33.4 Å². The van der Waals surface area contributed by atoms with E-state index in [0.29, 0.717) is 12.0 Å². The number of nitrogens with zero attached hydrogens (tertiary/aromatic N) is 3. The van der Waals surface area contributed by atoms with Crippen molar-refractivity contribution in [2.24, 2.45) is 5.92 Å². The van der Waals surface area contributed by atoms with Crippen molar-refractivity contribution in [3.8, 4) is 22.4 Å². The second-order valence-electron chi connectivity index (χ2n) is 10.0. The van der Waals surface area contributed by atoms with Gasteiger partial charge in [-0.05, 0) is 29.5 Å². The summed E-state index contributed by atoms with van der Waals surface area (Å²) in [6.45, 7) is 0.804. The third-order valence-corrected chi connectivity index (χ3v) is 7.79. The molecule has 1 fully saturated rings. The summed E-state index contributed by atoms with van der Waals surface area (Å²) in [6.07, 6.45) is 6.04. The summed E-state index contributed by atoms with van der Waals surface area (Å²) in [7, 11) is 0. The van der Waals surface area contributed by atoms with Crippen molar-refractivity contribution >= 4 is 11.0 Å². The molecule has 1 saturated carbocycles. The van der Waals surface area contributed by atoms with Crippen LogP contribution in [0, 0.1) is 11.3 Å². The molecule has 0 saturated heterocycles. The van der Waals surface area contributed by atoms with Crippen LogP contribution >= 0.6 is 0 Å². The lowest BCUT2D eigenvalue weighted by Gasteiger charge is -2.32. The van der Waals surface area contributed by atoms with Gasteiger partial charge in [-0.1, -0.05) is 104 Å². The van der Waals surface area contributed by atoms with Gasteiger partial charge in [0.15, 0.2) is 0 Å². The molecule has 3 aromatic carbocycles. The molecule has 0 aliphatic heterocycles. The minimum atomic E-state index is 0.0874. The molecule has 0 radical (unpaired) electrons. The number of fused-ring (bicyclic) bond motifs is 1. The molecule has 1 aliphatic rings. The molecular formula is C32H32N4O. The number of hydrogen-bond acceptors (Lipinski definition) is 3. The molecule has 186 valence electrons. The monoisotopic (exact) mass is 488 g/mol. The Kier molecular flexibility index (Phi) is 6.46. The third kappa shape index (κ3) is 4.30. The van der Waals surface area contributed by atoms with Gasteiger partial charge in [0.2, 0.25) is 0 Å². The highest BCUT2D eigenvalue weighted by molar-refractivity contribution is 6.02. The Labute approximate surface area is 217 Å². The summed E-state index contributed by atoms with van der Waals surface area (Å²) in [5, 5.41) is 20.5. The van der Waals surface area contributed by atoms with Crippen LogP contribution in [0.1, 0.15) is 37.3 Å². The molecule has 5 nitrogen and oxygen atoms in total. The molecule has 5 aromatic rings. The number of hydrogen-bond donors (Lipinski definition) is 2. The molecule has 2 unspecified atom stereocenters. The van der Waals surface area contributed by atoms with E-state index in [0.717, 1.165) is 59.1 Å². The lowest BCUT2D eigenvalue weighted by atomic mass is 9.85. The van der Waals surface area contributed by atoms with Crippen LogP contribution in [0.2, 0.25) is 0 Å². The highest BCUT2D eigenvalue weighted by atomic mass is 16.3. The van der Waals surface area contributed by atoms with Gasteiger partial charge in [0.05, 0.1) is 17.4 Å². The van der Waals surface area contributed by atoms with E-state index in [1.54, 1.807) is 0 Å². The maximum Gasteiger partial charge on any atom is 0.146 e. The predicted molar refractivity (Wildman–Crippen MR) is 148 cm³/mol. The molecule has 37 heavy (non-hydrogen) atoms. The van der Waals surface area contributed by atoms with Gasteiger partial charge in [0.1, 0.15) is 11.1 Å². The fraction of sp³-hybridized carbons (Fsp3) is 0.250. The average Bonchev–Trinajstić information content (AvgIpc) is 3.29. The summed E-state index contributed by atoms with van der Waals surface area (Å²) in [5.41, 5.74) is 6.78. The second-order valence-corrected chi connectivity index (χ2v) is 10.0. The molecule has 0 spiro atoms. The molecule has 5 heteroatoms. The van der Waals surface area contributed by atoms with Crippen molar-refractivity contribution in [1.82, 2.24) is 14.1 Å². The number of aliphatic hydroxyl groups is 1. The molecule has 6 rings (SSSR count). The van der Waals surface area contributed by atoms with Crippen LogP contribution in [-0.4, -0.2) is 25.8 Å². The van der Waals surface area contributed by atoms with E-state index in [4.69, 9.17) is 4.98 Å². The van der Waals surface area contributed by atoms with Crippen LogP contribution in [0.5, 0.6) is 0 Å². The number of aromatic nitrogens is 3. The van der Waals surface area contributed by atoms with E-state index in [1.165, 1.54) is 5.56 Å². The van der Waals surface area contributed by atoms with Gasteiger partial charge in [-0.2, -0.15) is 0 Å². The first-order chi connectivity index (χ1) is 18.3. The average molecular weight is 489 g/mol. The van der Waals surface area contributed by atoms with Crippen LogP contribution in [0.3, 0.4) is 0 Å². The predicted octanol–water partition coefficient (Wildman–Crippen LogP) is 6.42. The van der Waals surface area contributed by atoms with Gasteiger partial charge in [0, 0.05) is 30.7 Å². The summed E-state index contributed by atoms with van der Waals surface area (Å²) in [5.74, 6) is 0.155. The molecular weight excluding hydrogens is 456 g/mol. The third-order valence-electron chi connectivity index (χ3n) is 7.79. The molecule has 2 heterocycles. The Hall–Kier alpha value is -3.96. The van der Waals surface area contributed by atoms with Crippen molar-refractivity contribution < 1.29 is 5.11 Å². The molecule has 1 aliphatic carbocycles. The van der Waals surface area contributed by atoms with Crippen LogP contribution in [-0.2, 0) is 6.54 Å². The molecule has 2 aromatic heterocycles. The zero-order chi connectivity index (χ0) is 25.2. The SMILES string of the molecule is N=c1c2c(-c3ccccc3)c(-c3ccccc3)n(Cc3ccccc3)c2ncn1C1CCCCC1CO. The zero-order valence-electron chi connectivity index (χ0n) is 20.9. The van der Waals surface area contributed by atoms with E-state index < -0.39 is 0 Å². The van der Waals surface area contributed by atoms with Gasteiger partial charge in [0.25, 0.3) is 0 Å². The number of benzene rings is 3. The van der Waals surface area contributed by atoms with Crippen LogP contribution in [0.15, 0.2) is 97.3 Å². The fourth-order valence-electron chi connectivity index (χ4n) is 5.99. The number of nitrogens with one attached hydrogen (secondary N) is 1. The van der Waals surface area contributed by atoms with Crippen molar-refractivity contribution in [3.05, 3.63) is 108 Å². The van der Waals surface area contributed by atoms with Gasteiger partial charge >= 0.3 is 0 Å². The molecule has 2 N–H and O–H groups in total. The van der Waals surface area contributed by atoms with Crippen molar-refractivity contribution in [2.75, 3.05) is 6.61 Å². The summed E-state index contributed by atoms with van der Waals surface area (Å²) >= 11 is 0. The summed E-state index contributed by atoms with van der Waals surface area (Å²) < 4.78 is 4.30. The van der Waals surface area contributed by atoms with Gasteiger partial charge in [-0.3, -0.25) is 5.41 Å². The molecule has 2 atom stereocenters. The van der Waals surface area contributed by atoms with Crippen LogP contribution < -0.4 is 5.49 Å². The first-order valence-corrected chi connectivity index (χ1v) is 13.2. The normalized spacial score (nSPS) is 17.8. The topological polar surface area (TPSA) is 66.8 Å². The number of aliphatic hydroxyl groups excluding tert-OH is 1. The summed E-state index contributed by atoms with van der Waals surface area (Å²) in [4.78, 5) is 5.04. The van der Waals surface area contributed by atoms with E-state index in [2.05, 4.69) is 77.4 Å². The van der Waals surface area contributed by atoms with Crippen LogP contribution in [0.4, 0.5) is 0 Å². The second kappa shape index (κ2) is 10.2. The Morgan fingerprint density at radius 1 is 0.811 bits per heavy atom. The van der Waals surface area contributed by atoms with E-state index in [-0.39, 0.29) is 18.6 Å². The van der Waals surface area contributed by atoms with E-state index in [9.17, 15) is 10.5 Å². The molecule has 0 amide bonds. The largest absolute Gasteiger partial charge is 0.396 e. The Balaban J connectivity index is 1.68. The van der Waals surface area contributed by atoms with E-state index in [1.807, 2.05) is 29.1 Å². The Morgan fingerprint density at radius 3 is 2.11 bits per heavy atom. The molecule has 0 bridgehead atoms. The van der Waals surface area contributed by atoms with Gasteiger partial charge in [-0.25, -0.2) is 4.98 Å². The van der Waals surface area contributed by atoms with E-state index >= 15 is 0 Å². The lowest BCUT2D eigenvalue weighted by molar-refractivity contribution is 0.135. The summed E-state index contributed by atoms with van der Waals surface area (Å²) in [6, 6.07) is 31.4. The Bertz CT molecular complexity index is 1560.